The molecule has 24 heavy (non-hydrogen) atoms. The van der Waals surface area contributed by atoms with E-state index in [0.717, 1.165) is 36.8 Å². The van der Waals surface area contributed by atoms with E-state index in [1.807, 2.05) is 0 Å². The van der Waals surface area contributed by atoms with Gasteiger partial charge in [0, 0.05) is 32.9 Å². The average Bonchev–Trinajstić information content (AvgIpc) is 3.24. The number of aliphatic carboxylic acids is 1. The molecule has 0 aromatic carbocycles. The van der Waals surface area contributed by atoms with Crippen molar-refractivity contribution in [2.24, 2.45) is 5.92 Å². The topological polar surface area (TPSA) is 40.5 Å². The van der Waals surface area contributed by atoms with Crippen LogP contribution in [0.4, 0.5) is 0 Å². The van der Waals surface area contributed by atoms with Crippen LogP contribution in [0.15, 0.2) is 39.5 Å². The van der Waals surface area contributed by atoms with Gasteiger partial charge in [0.2, 0.25) is 0 Å². The number of hydrogen-bond donors (Lipinski definition) is 1. The summed E-state index contributed by atoms with van der Waals surface area (Å²) >= 11 is 7.14. The predicted octanol–water partition coefficient (Wildman–Crippen LogP) is 5.19. The number of hydrogen-bond acceptors (Lipinski definition) is 4. The molecule has 2 aromatic heterocycles. The van der Waals surface area contributed by atoms with Crippen LogP contribution in [0.1, 0.15) is 29.0 Å². The molecular weight excluding hydrogens is 406 g/mol. The van der Waals surface area contributed by atoms with Gasteiger partial charge in [-0.1, -0.05) is 12.1 Å². The molecule has 3 nitrogen and oxygen atoms in total. The lowest BCUT2D eigenvalue weighted by atomic mass is 9.98. The van der Waals surface area contributed by atoms with Gasteiger partial charge in [0.15, 0.2) is 0 Å². The third-order valence-electron chi connectivity index (χ3n) is 4.30. The lowest BCUT2D eigenvalue weighted by Crippen LogP contribution is -2.39. The summed E-state index contributed by atoms with van der Waals surface area (Å²) in [5.41, 5.74) is 1.28. The molecule has 1 atom stereocenters. The second kappa shape index (κ2) is 8.43. The lowest BCUT2D eigenvalue weighted by molar-refractivity contribution is -0.143. The van der Waals surface area contributed by atoms with E-state index < -0.39 is 5.97 Å². The molecule has 1 unspecified atom stereocenters. The Morgan fingerprint density at radius 3 is 2.92 bits per heavy atom. The Morgan fingerprint density at radius 1 is 1.38 bits per heavy atom. The Hall–Kier alpha value is -0.950. The zero-order valence-corrected chi connectivity index (χ0v) is 16.5. The molecule has 2 aromatic rings. The van der Waals surface area contributed by atoms with E-state index in [-0.39, 0.29) is 5.92 Å². The largest absolute Gasteiger partial charge is 0.481 e. The van der Waals surface area contributed by atoms with Crippen molar-refractivity contribution in [2.75, 3.05) is 19.6 Å². The number of carboxylic acids is 1. The Kier molecular flexibility index (Phi) is 6.27. The zero-order valence-electron chi connectivity index (χ0n) is 13.3. The van der Waals surface area contributed by atoms with E-state index in [1.165, 1.54) is 15.3 Å². The zero-order chi connectivity index (χ0) is 16.9. The molecule has 1 aliphatic heterocycles. The quantitative estimate of drug-likeness (QED) is 0.691. The highest BCUT2D eigenvalue weighted by Gasteiger charge is 2.24. The van der Waals surface area contributed by atoms with E-state index in [0.29, 0.717) is 6.54 Å². The highest BCUT2D eigenvalue weighted by Crippen LogP contribution is 2.36. The van der Waals surface area contributed by atoms with Crippen molar-refractivity contribution in [3.63, 3.8) is 0 Å². The number of rotatable bonds is 6. The van der Waals surface area contributed by atoms with E-state index in [2.05, 4.69) is 55.9 Å². The summed E-state index contributed by atoms with van der Waals surface area (Å²) in [5.74, 6) is -0.858. The summed E-state index contributed by atoms with van der Waals surface area (Å²) in [6.07, 6.45) is 5.02. The molecule has 128 valence electrons. The van der Waals surface area contributed by atoms with Crippen LogP contribution in [0.25, 0.3) is 5.57 Å². The highest BCUT2D eigenvalue weighted by atomic mass is 79.9. The Balaban J connectivity index is 1.68. The number of carboxylic acid groups (broad SMARTS) is 1. The van der Waals surface area contributed by atoms with Gasteiger partial charge in [-0.05, 0) is 64.6 Å². The van der Waals surface area contributed by atoms with E-state index in [1.54, 1.807) is 22.7 Å². The van der Waals surface area contributed by atoms with E-state index in [4.69, 9.17) is 0 Å². The minimum absolute atomic E-state index is 0.203. The molecule has 3 rings (SSSR count). The van der Waals surface area contributed by atoms with Gasteiger partial charge >= 0.3 is 5.97 Å². The molecule has 1 fully saturated rings. The number of carbonyl (C=O) groups is 1. The first-order chi connectivity index (χ1) is 11.6. The number of thiophene rings is 2. The van der Waals surface area contributed by atoms with Crippen molar-refractivity contribution in [3.8, 4) is 0 Å². The molecule has 0 spiro atoms. The Labute approximate surface area is 158 Å². The molecule has 1 N–H and O–H groups in total. The summed E-state index contributed by atoms with van der Waals surface area (Å²) in [6.45, 7) is 2.61. The number of nitrogens with zero attached hydrogens (tertiary/aromatic N) is 1. The normalized spacial score (nSPS) is 19.5. The van der Waals surface area contributed by atoms with E-state index in [9.17, 15) is 9.90 Å². The second-order valence-electron chi connectivity index (χ2n) is 5.96. The fraction of sp³-hybridized carbons (Fsp3) is 0.389. The number of halogens is 1. The van der Waals surface area contributed by atoms with E-state index >= 15 is 0 Å². The van der Waals surface area contributed by atoms with Crippen LogP contribution >= 0.6 is 38.6 Å². The smallest absolute Gasteiger partial charge is 0.307 e. The van der Waals surface area contributed by atoms with Crippen molar-refractivity contribution in [1.82, 2.24) is 4.90 Å². The summed E-state index contributed by atoms with van der Waals surface area (Å²) in [6, 6.07) is 6.32. The van der Waals surface area contributed by atoms with Gasteiger partial charge in [0.05, 0.1) is 5.92 Å². The molecule has 3 heterocycles. The first kappa shape index (κ1) is 17.9. The van der Waals surface area contributed by atoms with Crippen LogP contribution in [0.5, 0.6) is 0 Å². The molecule has 1 aliphatic rings. The van der Waals surface area contributed by atoms with Crippen molar-refractivity contribution < 1.29 is 9.90 Å². The molecule has 6 heteroatoms. The Bertz CT molecular complexity index is 708. The fourth-order valence-electron chi connectivity index (χ4n) is 3.07. The van der Waals surface area contributed by atoms with Crippen LogP contribution in [0.3, 0.4) is 0 Å². The fourth-order valence-corrected chi connectivity index (χ4v) is 5.55. The maximum absolute atomic E-state index is 11.2. The summed E-state index contributed by atoms with van der Waals surface area (Å²) in [5, 5.41) is 13.4. The van der Waals surface area contributed by atoms with Crippen molar-refractivity contribution in [1.29, 1.82) is 0 Å². The van der Waals surface area contributed by atoms with Crippen LogP contribution in [-0.2, 0) is 4.79 Å². The van der Waals surface area contributed by atoms with Gasteiger partial charge in [0.25, 0.3) is 0 Å². The minimum atomic E-state index is -0.656. The van der Waals surface area contributed by atoms with Crippen LogP contribution in [0.2, 0.25) is 0 Å². The maximum Gasteiger partial charge on any atom is 0.307 e. The predicted molar refractivity (Wildman–Crippen MR) is 105 cm³/mol. The lowest BCUT2D eigenvalue weighted by Gasteiger charge is -2.30. The van der Waals surface area contributed by atoms with Crippen LogP contribution in [-0.4, -0.2) is 35.6 Å². The summed E-state index contributed by atoms with van der Waals surface area (Å²) in [7, 11) is 0. The monoisotopic (exact) mass is 425 g/mol. The van der Waals surface area contributed by atoms with Gasteiger partial charge in [-0.2, -0.15) is 0 Å². The highest BCUT2D eigenvalue weighted by molar-refractivity contribution is 9.10. The number of likely N-dealkylation sites (tertiary alicyclic amines) is 1. The molecule has 0 aliphatic carbocycles. The molecule has 0 amide bonds. The Morgan fingerprint density at radius 2 is 2.25 bits per heavy atom. The second-order valence-corrected chi connectivity index (χ2v) is 8.68. The summed E-state index contributed by atoms with van der Waals surface area (Å²) in [4.78, 5) is 16.0. The number of piperidine rings is 1. The van der Waals surface area contributed by atoms with Crippen molar-refractivity contribution in [3.05, 3.63) is 49.3 Å². The molecule has 0 radical (unpaired) electrons. The van der Waals surface area contributed by atoms with Gasteiger partial charge in [-0.3, -0.25) is 4.79 Å². The SMILES string of the molecule is O=C(O)C1CCCN(CCC=C(c2cccs2)c2sccc2Br)C1. The van der Waals surface area contributed by atoms with Gasteiger partial charge in [-0.15, -0.1) is 22.7 Å². The van der Waals surface area contributed by atoms with Crippen LogP contribution in [0, 0.1) is 5.92 Å². The maximum atomic E-state index is 11.2. The first-order valence-electron chi connectivity index (χ1n) is 8.07. The molecule has 0 bridgehead atoms. The van der Waals surface area contributed by atoms with Crippen molar-refractivity contribution >= 4 is 50.1 Å². The standard InChI is InChI=1S/C18H20BrNO2S2/c19-15-7-11-24-17(15)14(16-6-3-10-23-16)5-2-9-20-8-1-4-13(12-20)18(21)22/h3,5-7,10-11,13H,1-2,4,8-9,12H2,(H,21,22). The van der Waals surface area contributed by atoms with Crippen LogP contribution < -0.4 is 0 Å². The average molecular weight is 426 g/mol. The van der Waals surface area contributed by atoms with Gasteiger partial charge in [-0.25, -0.2) is 0 Å². The third-order valence-corrected chi connectivity index (χ3v) is 7.07. The first-order valence-corrected chi connectivity index (χ1v) is 10.6. The van der Waals surface area contributed by atoms with Crippen molar-refractivity contribution in [2.45, 2.75) is 19.3 Å². The van der Waals surface area contributed by atoms with Gasteiger partial charge in [0.1, 0.15) is 0 Å². The molecular formula is C18H20BrNO2S2. The summed E-state index contributed by atoms with van der Waals surface area (Å²) < 4.78 is 1.14. The third kappa shape index (κ3) is 4.36. The molecule has 1 saturated heterocycles. The molecule has 0 saturated carbocycles. The minimum Gasteiger partial charge on any atom is -0.481 e. The van der Waals surface area contributed by atoms with Gasteiger partial charge < -0.3 is 10.0 Å².